The van der Waals surface area contributed by atoms with Gasteiger partial charge < -0.3 is 0 Å². The van der Waals surface area contributed by atoms with Gasteiger partial charge in [0.15, 0.2) is 0 Å². The van der Waals surface area contributed by atoms with Gasteiger partial charge in [-0.3, -0.25) is 4.79 Å². The first-order valence-corrected chi connectivity index (χ1v) is 3.44. The normalized spacial score (nSPS) is 9.00. The molecule has 0 aromatic rings. The van der Waals surface area contributed by atoms with E-state index in [-0.39, 0.29) is 5.24 Å². The zero-order chi connectivity index (χ0) is 7.11. The van der Waals surface area contributed by atoms with Crippen LogP contribution in [0.1, 0.15) is 25.7 Å². The van der Waals surface area contributed by atoms with Crippen molar-refractivity contribution in [2.45, 2.75) is 25.7 Å². The average Bonchev–Trinajstić information content (AvgIpc) is 1.80. The Morgan fingerprint density at radius 3 is 2.67 bits per heavy atom. The highest BCUT2D eigenvalue weighted by Crippen LogP contribution is 2.01. The van der Waals surface area contributed by atoms with Crippen LogP contribution in [0, 0.1) is 0 Å². The topological polar surface area (TPSA) is 17.1 Å². The molecule has 0 radical (unpaired) electrons. The second-order valence-electron chi connectivity index (χ2n) is 1.89. The predicted octanol–water partition coefficient (Wildman–Crippen LogP) is 2.50. The van der Waals surface area contributed by atoms with E-state index in [0.717, 1.165) is 19.3 Å². The van der Waals surface area contributed by atoms with Crippen LogP contribution in [0.25, 0.3) is 0 Å². The number of allylic oxidation sites excluding steroid dienone is 1. The molecule has 9 heavy (non-hydrogen) atoms. The lowest BCUT2D eigenvalue weighted by Gasteiger charge is -1.90. The molecule has 0 amide bonds. The van der Waals surface area contributed by atoms with E-state index in [4.69, 9.17) is 11.6 Å². The first kappa shape index (κ1) is 8.70. The minimum absolute atomic E-state index is 0.237. The van der Waals surface area contributed by atoms with Gasteiger partial charge in [-0.05, 0) is 30.9 Å². The summed E-state index contributed by atoms with van der Waals surface area (Å²) in [6.45, 7) is 3.56. The number of hydrogen-bond donors (Lipinski definition) is 0. The first-order chi connectivity index (χ1) is 4.27. The maximum absolute atomic E-state index is 10.1. The smallest absolute Gasteiger partial charge is 0.221 e. The number of hydrogen-bond acceptors (Lipinski definition) is 1. The SMILES string of the molecule is C=CCCCCC(=O)Cl. The van der Waals surface area contributed by atoms with Crippen LogP contribution < -0.4 is 0 Å². The van der Waals surface area contributed by atoms with Gasteiger partial charge in [0.25, 0.3) is 0 Å². The molecule has 0 saturated heterocycles. The van der Waals surface area contributed by atoms with Gasteiger partial charge in [-0.2, -0.15) is 0 Å². The zero-order valence-electron chi connectivity index (χ0n) is 5.40. The summed E-state index contributed by atoms with van der Waals surface area (Å²) in [6, 6.07) is 0. The molecule has 0 heterocycles. The van der Waals surface area contributed by atoms with Crippen LogP contribution in [0.5, 0.6) is 0 Å². The summed E-state index contributed by atoms with van der Waals surface area (Å²) in [5.74, 6) is 0. The van der Waals surface area contributed by atoms with E-state index in [9.17, 15) is 4.79 Å². The van der Waals surface area contributed by atoms with Gasteiger partial charge in [-0.25, -0.2) is 0 Å². The predicted molar refractivity (Wildman–Crippen MR) is 39.5 cm³/mol. The van der Waals surface area contributed by atoms with Crippen molar-refractivity contribution in [3.63, 3.8) is 0 Å². The van der Waals surface area contributed by atoms with Gasteiger partial charge in [-0.1, -0.05) is 6.08 Å². The Morgan fingerprint density at radius 2 is 2.22 bits per heavy atom. The van der Waals surface area contributed by atoms with E-state index < -0.39 is 0 Å². The molecule has 0 saturated carbocycles. The van der Waals surface area contributed by atoms with E-state index in [1.165, 1.54) is 0 Å². The number of rotatable bonds is 5. The molecule has 0 N–H and O–H groups in total. The molecule has 52 valence electrons. The Kier molecular flexibility index (Phi) is 5.64. The third kappa shape index (κ3) is 7.70. The van der Waals surface area contributed by atoms with Crippen molar-refractivity contribution in [2.24, 2.45) is 0 Å². The van der Waals surface area contributed by atoms with Crippen molar-refractivity contribution in [3.05, 3.63) is 12.7 Å². The van der Waals surface area contributed by atoms with Crippen molar-refractivity contribution in [2.75, 3.05) is 0 Å². The number of carbonyl (C=O) groups excluding carboxylic acids is 1. The van der Waals surface area contributed by atoms with E-state index in [1.807, 2.05) is 6.08 Å². The van der Waals surface area contributed by atoms with Gasteiger partial charge >= 0.3 is 0 Å². The highest BCUT2D eigenvalue weighted by Gasteiger charge is 1.92. The molecule has 0 aliphatic carbocycles. The van der Waals surface area contributed by atoms with Gasteiger partial charge in [0.05, 0.1) is 0 Å². The summed E-state index contributed by atoms with van der Waals surface area (Å²) < 4.78 is 0. The largest absolute Gasteiger partial charge is 0.281 e. The van der Waals surface area contributed by atoms with Crippen LogP contribution in [-0.2, 0) is 4.79 Å². The fourth-order valence-electron chi connectivity index (χ4n) is 0.553. The van der Waals surface area contributed by atoms with Crippen LogP contribution in [0.3, 0.4) is 0 Å². The van der Waals surface area contributed by atoms with Crippen molar-refractivity contribution >= 4 is 16.8 Å². The number of halogens is 1. The maximum atomic E-state index is 10.1. The van der Waals surface area contributed by atoms with Crippen LogP contribution in [-0.4, -0.2) is 5.24 Å². The monoisotopic (exact) mass is 146 g/mol. The minimum Gasteiger partial charge on any atom is -0.281 e. The van der Waals surface area contributed by atoms with E-state index >= 15 is 0 Å². The lowest BCUT2D eigenvalue weighted by atomic mass is 10.2. The highest BCUT2D eigenvalue weighted by molar-refractivity contribution is 6.63. The summed E-state index contributed by atoms with van der Waals surface area (Å²) in [5.41, 5.74) is 0. The van der Waals surface area contributed by atoms with Crippen molar-refractivity contribution in [1.82, 2.24) is 0 Å². The Balaban J connectivity index is 2.91. The van der Waals surface area contributed by atoms with Crippen molar-refractivity contribution in [1.29, 1.82) is 0 Å². The molecule has 1 nitrogen and oxygen atoms in total. The van der Waals surface area contributed by atoms with Gasteiger partial charge in [0.1, 0.15) is 0 Å². The van der Waals surface area contributed by atoms with Crippen LogP contribution >= 0.6 is 11.6 Å². The molecule has 0 unspecified atom stereocenters. The molecule has 0 aromatic carbocycles. The van der Waals surface area contributed by atoms with Crippen LogP contribution in [0.4, 0.5) is 0 Å². The lowest BCUT2D eigenvalue weighted by Crippen LogP contribution is -1.84. The summed E-state index contributed by atoms with van der Waals surface area (Å²) in [6.07, 6.45) is 5.22. The third-order valence-electron chi connectivity index (χ3n) is 1.03. The fourth-order valence-corrected chi connectivity index (χ4v) is 0.686. The molecule has 2 heteroatoms. The van der Waals surface area contributed by atoms with Gasteiger partial charge in [0, 0.05) is 6.42 Å². The molecule has 0 aliphatic rings. The van der Waals surface area contributed by atoms with Gasteiger partial charge in [-0.15, -0.1) is 6.58 Å². The Bertz CT molecular complexity index is 99.1. The first-order valence-electron chi connectivity index (χ1n) is 3.06. The molecule has 0 aliphatic heterocycles. The standard InChI is InChI=1S/C7H11ClO/c1-2-3-4-5-6-7(8)9/h2H,1,3-6H2. The van der Waals surface area contributed by atoms with E-state index in [0.29, 0.717) is 6.42 Å². The molecule has 0 aromatic heterocycles. The van der Waals surface area contributed by atoms with Crippen molar-refractivity contribution in [3.8, 4) is 0 Å². The van der Waals surface area contributed by atoms with Crippen LogP contribution in [0.2, 0.25) is 0 Å². The molecular weight excluding hydrogens is 136 g/mol. The van der Waals surface area contributed by atoms with Crippen molar-refractivity contribution < 1.29 is 4.79 Å². The lowest BCUT2D eigenvalue weighted by molar-refractivity contribution is -0.111. The second kappa shape index (κ2) is 5.83. The minimum atomic E-state index is -0.237. The average molecular weight is 147 g/mol. The Hall–Kier alpha value is -0.300. The molecule has 0 atom stereocenters. The number of carbonyl (C=O) groups is 1. The Morgan fingerprint density at radius 1 is 1.56 bits per heavy atom. The summed E-state index contributed by atoms with van der Waals surface area (Å²) in [4.78, 5) is 10.1. The zero-order valence-corrected chi connectivity index (χ0v) is 6.16. The summed E-state index contributed by atoms with van der Waals surface area (Å²) in [7, 11) is 0. The van der Waals surface area contributed by atoms with E-state index in [2.05, 4.69) is 6.58 Å². The molecule has 0 spiro atoms. The van der Waals surface area contributed by atoms with Gasteiger partial charge in [0.2, 0.25) is 5.24 Å². The molecule has 0 fully saturated rings. The quantitative estimate of drug-likeness (QED) is 0.331. The molecular formula is C7H11ClO. The van der Waals surface area contributed by atoms with Crippen LogP contribution in [0.15, 0.2) is 12.7 Å². The third-order valence-corrected chi connectivity index (χ3v) is 1.22. The molecule has 0 rings (SSSR count). The molecule has 0 bridgehead atoms. The number of unbranched alkanes of at least 4 members (excludes halogenated alkanes) is 2. The Labute approximate surface area is 60.7 Å². The maximum Gasteiger partial charge on any atom is 0.221 e. The summed E-state index contributed by atoms with van der Waals surface area (Å²) >= 11 is 5.09. The highest BCUT2D eigenvalue weighted by atomic mass is 35.5. The fraction of sp³-hybridized carbons (Fsp3) is 0.571. The second-order valence-corrected chi connectivity index (χ2v) is 2.31. The van der Waals surface area contributed by atoms with E-state index in [1.54, 1.807) is 0 Å². The summed E-state index contributed by atoms with van der Waals surface area (Å²) in [5, 5.41) is -0.237.